The highest BCUT2D eigenvalue weighted by Gasteiger charge is 2.40. The van der Waals surface area contributed by atoms with Gasteiger partial charge in [-0.15, -0.1) is 0 Å². The van der Waals surface area contributed by atoms with Gasteiger partial charge in [0.15, 0.2) is 0 Å². The van der Waals surface area contributed by atoms with Crippen molar-refractivity contribution in [2.45, 2.75) is 37.8 Å². The first-order valence-electron chi connectivity index (χ1n) is 7.55. The number of piperidine rings is 1. The third-order valence-corrected chi connectivity index (χ3v) is 4.94. The van der Waals surface area contributed by atoms with E-state index in [0.29, 0.717) is 12.0 Å². The summed E-state index contributed by atoms with van der Waals surface area (Å²) in [6, 6.07) is 7.25. The molecule has 1 aliphatic carbocycles. The number of likely N-dealkylation sites (tertiary alicyclic amines) is 1. The quantitative estimate of drug-likeness (QED) is 0.899. The first kappa shape index (κ1) is 14.6. The van der Waals surface area contributed by atoms with Gasteiger partial charge >= 0.3 is 0 Å². The highest BCUT2D eigenvalue weighted by Crippen LogP contribution is 2.43. The first-order chi connectivity index (χ1) is 9.69. The summed E-state index contributed by atoms with van der Waals surface area (Å²) in [5.41, 5.74) is 1.29. The molecule has 3 rings (SSSR count). The maximum Gasteiger partial charge on any atom is 0.0424 e. The van der Waals surface area contributed by atoms with Crippen molar-refractivity contribution in [1.29, 1.82) is 0 Å². The highest BCUT2D eigenvalue weighted by molar-refractivity contribution is 6.34. The maximum absolute atomic E-state index is 6.22. The topological polar surface area (TPSA) is 15.3 Å². The number of rotatable bonds is 4. The van der Waals surface area contributed by atoms with Crippen molar-refractivity contribution in [3.05, 3.63) is 33.8 Å². The molecule has 0 bridgehead atoms. The monoisotopic (exact) mass is 312 g/mol. The predicted molar refractivity (Wildman–Crippen MR) is 85.6 cm³/mol. The molecule has 2 aliphatic rings. The van der Waals surface area contributed by atoms with E-state index >= 15 is 0 Å². The molecule has 0 amide bonds. The molecule has 1 aliphatic heterocycles. The van der Waals surface area contributed by atoms with Gasteiger partial charge in [0.1, 0.15) is 0 Å². The van der Waals surface area contributed by atoms with Crippen LogP contribution in [0.15, 0.2) is 18.2 Å². The van der Waals surface area contributed by atoms with Gasteiger partial charge in [-0.3, -0.25) is 4.90 Å². The van der Waals surface area contributed by atoms with Crippen molar-refractivity contribution in [2.24, 2.45) is 5.92 Å². The Morgan fingerprint density at radius 1 is 1.15 bits per heavy atom. The van der Waals surface area contributed by atoms with Crippen LogP contribution in [0.1, 0.15) is 37.3 Å². The van der Waals surface area contributed by atoms with Crippen LogP contribution in [0.4, 0.5) is 0 Å². The van der Waals surface area contributed by atoms with Crippen LogP contribution in [0.5, 0.6) is 0 Å². The van der Waals surface area contributed by atoms with Crippen molar-refractivity contribution in [1.82, 2.24) is 10.2 Å². The molecule has 0 aromatic heterocycles. The third kappa shape index (κ3) is 3.14. The molecule has 110 valence electrons. The molecule has 1 saturated heterocycles. The van der Waals surface area contributed by atoms with E-state index in [9.17, 15) is 0 Å². The van der Waals surface area contributed by atoms with Crippen molar-refractivity contribution in [2.75, 3.05) is 20.1 Å². The lowest BCUT2D eigenvalue weighted by molar-refractivity contribution is 0.0845. The van der Waals surface area contributed by atoms with Crippen LogP contribution in [0.2, 0.25) is 10.0 Å². The van der Waals surface area contributed by atoms with Crippen molar-refractivity contribution >= 4 is 23.2 Å². The van der Waals surface area contributed by atoms with Gasteiger partial charge < -0.3 is 5.32 Å². The van der Waals surface area contributed by atoms with Gasteiger partial charge in [-0.1, -0.05) is 23.2 Å². The molecule has 2 nitrogen and oxygen atoms in total. The summed E-state index contributed by atoms with van der Waals surface area (Å²) in [6.07, 6.45) is 5.26. The van der Waals surface area contributed by atoms with E-state index in [-0.39, 0.29) is 0 Å². The average molecular weight is 313 g/mol. The Balaban J connectivity index is 1.93. The van der Waals surface area contributed by atoms with E-state index in [4.69, 9.17) is 23.2 Å². The van der Waals surface area contributed by atoms with Gasteiger partial charge in [0, 0.05) is 22.1 Å². The molecular formula is C16H22Cl2N2. The molecule has 2 fully saturated rings. The molecule has 1 N–H and O–H groups in total. The normalized spacial score (nSPS) is 27.8. The fraction of sp³-hybridized carbons (Fsp3) is 0.625. The minimum absolute atomic E-state index is 0.458. The van der Waals surface area contributed by atoms with Crippen LogP contribution in [0, 0.1) is 5.92 Å². The van der Waals surface area contributed by atoms with Gasteiger partial charge in [-0.2, -0.15) is 0 Å². The van der Waals surface area contributed by atoms with E-state index in [0.717, 1.165) is 22.6 Å². The summed E-state index contributed by atoms with van der Waals surface area (Å²) < 4.78 is 0. The Kier molecular flexibility index (Phi) is 4.56. The zero-order valence-electron chi connectivity index (χ0n) is 11.9. The number of hydrogen-bond acceptors (Lipinski definition) is 2. The summed E-state index contributed by atoms with van der Waals surface area (Å²) in [6.45, 7) is 2.26. The van der Waals surface area contributed by atoms with E-state index in [2.05, 4.69) is 22.3 Å². The van der Waals surface area contributed by atoms with Gasteiger partial charge in [0.25, 0.3) is 0 Å². The molecule has 1 heterocycles. The molecule has 2 unspecified atom stereocenters. The fourth-order valence-electron chi connectivity index (χ4n) is 3.61. The Morgan fingerprint density at radius 2 is 1.85 bits per heavy atom. The molecule has 0 radical (unpaired) electrons. The molecule has 4 heteroatoms. The number of benzene rings is 1. The second kappa shape index (κ2) is 6.23. The zero-order valence-corrected chi connectivity index (χ0v) is 13.4. The second-order valence-electron chi connectivity index (χ2n) is 6.08. The molecule has 1 aromatic carbocycles. The van der Waals surface area contributed by atoms with Crippen LogP contribution in [0.25, 0.3) is 0 Å². The Labute approximate surface area is 131 Å². The Morgan fingerprint density at radius 3 is 2.45 bits per heavy atom. The average Bonchev–Trinajstić information content (AvgIpc) is 3.22. The van der Waals surface area contributed by atoms with Crippen molar-refractivity contribution in [3.8, 4) is 0 Å². The second-order valence-corrected chi connectivity index (χ2v) is 6.95. The van der Waals surface area contributed by atoms with Crippen LogP contribution in [-0.2, 0) is 0 Å². The third-order valence-electron chi connectivity index (χ3n) is 4.50. The number of halogens is 2. The summed E-state index contributed by atoms with van der Waals surface area (Å²) in [4.78, 5) is 2.69. The molecular weight excluding hydrogens is 291 g/mol. The molecule has 1 aromatic rings. The van der Waals surface area contributed by atoms with Gasteiger partial charge in [-0.25, -0.2) is 0 Å². The zero-order chi connectivity index (χ0) is 14.1. The predicted octanol–water partition coefficient (Wildman–Crippen LogP) is 4.13. The van der Waals surface area contributed by atoms with E-state index in [1.165, 1.54) is 37.8 Å². The number of nitrogens with one attached hydrogen (secondary N) is 1. The van der Waals surface area contributed by atoms with E-state index in [1.807, 2.05) is 13.1 Å². The Hall–Kier alpha value is -0.280. The lowest BCUT2D eigenvalue weighted by Gasteiger charge is -2.42. The van der Waals surface area contributed by atoms with E-state index < -0.39 is 0 Å². The smallest absolute Gasteiger partial charge is 0.0424 e. The van der Waals surface area contributed by atoms with Crippen LogP contribution in [-0.4, -0.2) is 31.1 Å². The molecule has 2 atom stereocenters. The van der Waals surface area contributed by atoms with Gasteiger partial charge in [-0.05, 0) is 75.5 Å². The van der Waals surface area contributed by atoms with Crippen molar-refractivity contribution < 1.29 is 0 Å². The lowest BCUT2D eigenvalue weighted by Crippen LogP contribution is -2.43. The number of nitrogens with zero attached hydrogens (tertiary/aromatic N) is 1. The molecule has 0 spiro atoms. The standard InChI is InChI=1S/C16H22Cl2N2/c1-19-10-11-3-2-6-20(15-4-5-15)16(11)12-7-13(17)9-14(18)8-12/h7-9,11,15-16,19H,2-6,10H2,1H3. The largest absolute Gasteiger partial charge is 0.319 e. The lowest BCUT2D eigenvalue weighted by atomic mass is 9.84. The molecule has 1 saturated carbocycles. The van der Waals surface area contributed by atoms with Crippen LogP contribution < -0.4 is 5.32 Å². The minimum atomic E-state index is 0.458. The summed E-state index contributed by atoms with van der Waals surface area (Å²) >= 11 is 12.4. The number of hydrogen-bond donors (Lipinski definition) is 1. The first-order valence-corrected chi connectivity index (χ1v) is 8.31. The van der Waals surface area contributed by atoms with Gasteiger partial charge in [0.05, 0.1) is 0 Å². The van der Waals surface area contributed by atoms with E-state index in [1.54, 1.807) is 0 Å². The summed E-state index contributed by atoms with van der Waals surface area (Å²) in [5.74, 6) is 0.642. The highest BCUT2D eigenvalue weighted by atomic mass is 35.5. The Bertz CT molecular complexity index is 451. The maximum atomic E-state index is 6.22. The van der Waals surface area contributed by atoms with Crippen molar-refractivity contribution in [3.63, 3.8) is 0 Å². The van der Waals surface area contributed by atoms with Crippen LogP contribution in [0.3, 0.4) is 0 Å². The van der Waals surface area contributed by atoms with Gasteiger partial charge in [0.2, 0.25) is 0 Å². The summed E-state index contributed by atoms with van der Waals surface area (Å²) in [5, 5.41) is 4.85. The SMILES string of the molecule is CNCC1CCCN(C2CC2)C1c1cc(Cl)cc(Cl)c1. The minimum Gasteiger partial charge on any atom is -0.319 e. The summed E-state index contributed by atoms with van der Waals surface area (Å²) in [7, 11) is 2.04. The fourth-order valence-corrected chi connectivity index (χ4v) is 4.15. The molecule has 20 heavy (non-hydrogen) atoms. The van der Waals surface area contributed by atoms with Crippen LogP contribution >= 0.6 is 23.2 Å².